The summed E-state index contributed by atoms with van der Waals surface area (Å²) in [4.78, 5) is 9.89. The van der Waals surface area contributed by atoms with Gasteiger partial charge in [-0.15, -0.1) is 0 Å². The van der Waals surface area contributed by atoms with E-state index >= 15 is 0 Å². The second-order valence-corrected chi connectivity index (χ2v) is 5.14. The molecule has 0 unspecified atom stereocenters. The van der Waals surface area contributed by atoms with Crippen molar-refractivity contribution < 1.29 is 17.1 Å². The van der Waals surface area contributed by atoms with Crippen LogP contribution >= 0.6 is 23.5 Å². The van der Waals surface area contributed by atoms with Crippen molar-refractivity contribution in [1.82, 2.24) is 0 Å². The minimum absolute atomic E-state index is 0.0850. The van der Waals surface area contributed by atoms with Crippen molar-refractivity contribution in [3.05, 3.63) is 38.9 Å². The molecule has 0 heterocycles. The Labute approximate surface area is 101 Å². The zero-order chi connectivity index (χ0) is 12.3. The van der Waals surface area contributed by atoms with Gasteiger partial charge in [0.25, 0.3) is 15.8 Å². The van der Waals surface area contributed by atoms with Crippen molar-refractivity contribution in [1.29, 1.82) is 0 Å². The zero-order valence-corrected chi connectivity index (χ0v) is 9.92. The lowest BCUT2D eigenvalue weighted by Gasteiger charge is -2.02. The summed E-state index contributed by atoms with van der Waals surface area (Å²) in [5, 5.41) is 10.8. The summed E-state index contributed by atoms with van der Waals surface area (Å²) < 4.78 is 25.8. The first-order chi connectivity index (χ1) is 7.35. The predicted octanol–water partition coefficient (Wildman–Crippen LogP) is 2.25. The number of hydrogen-bond donors (Lipinski definition) is 0. The van der Waals surface area contributed by atoms with Crippen LogP contribution in [0.5, 0.6) is 0 Å². The van der Waals surface area contributed by atoms with Gasteiger partial charge in [0.15, 0.2) is 0 Å². The standard InChI is InChI=1S/C7H5Cl2NO5S/c8-6-1-2-7(10(11)12)5(3-6)4-16(13,14)15-9/h1-3H,4H2. The van der Waals surface area contributed by atoms with Crippen molar-refractivity contribution in [3.8, 4) is 0 Å². The fraction of sp³-hybridized carbons (Fsp3) is 0.143. The number of nitro benzene ring substituents is 1. The summed E-state index contributed by atoms with van der Waals surface area (Å²) >= 11 is 10.3. The first-order valence-corrected chi connectivity index (χ1v) is 6.08. The Morgan fingerprint density at radius 1 is 1.44 bits per heavy atom. The van der Waals surface area contributed by atoms with Crippen LogP contribution in [0.25, 0.3) is 0 Å². The Bertz CT molecular complexity index is 516. The van der Waals surface area contributed by atoms with Crippen LogP contribution in [-0.4, -0.2) is 13.3 Å². The molecule has 0 aliphatic carbocycles. The molecule has 0 aliphatic rings. The predicted molar refractivity (Wildman–Crippen MR) is 57.7 cm³/mol. The Kier molecular flexibility index (Phi) is 4.09. The summed E-state index contributed by atoms with van der Waals surface area (Å²) in [6.07, 6.45) is 0. The summed E-state index contributed by atoms with van der Waals surface area (Å²) in [6, 6.07) is 3.58. The molecule has 1 aromatic rings. The Morgan fingerprint density at radius 3 is 2.56 bits per heavy atom. The van der Waals surface area contributed by atoms with Crippen LogP contribution in [0.1, 0.15) is 5.56 Å². The third-order valence-electron chi connectivity index (χ3n) is 1.67. The third-order valence-corrected chi connectivity index (χ3v) is 3.33. The van der Waals surface area contributed by atoms with E-state index in [1.165, 1.54) is 12.1 Å². The van der Waals surface area contributed by atoms with E-state index in [1.54, 1.807) is 0 Å². The molecule has 0 bridgehead atoms. The van der Waals surface area contributed by atoms with Crippen LogP contribution < -0.4 is 0 Å². The second-order valence-electron chi connectivity index (χ2n) is 2.80. The van der Waals surface area contributed by atoms with E-state index in [-0.39, 0.29) is 16.3 Å². The molecule has 6 nitrogen and oxygen atoms in total. The maximum Gasteiger partial charge on any atom is 0.287 e. The van der Waals surface area contributed by atoms with Gasteiger partial charge in [-0.05, 0) is 12.1 Å². The topological polar surface area (TPSA) is 86.5 Å². The first kappa shape index (κ1) is 13.2. The molecule has 1 rings (SSSR count). The molecule has 1 aromatic carbocycles. The number of rotatable bonds is 4. The molecule has 0 saturated carbocycles. The third kappa shape index (κ3) is 3.31. The molecule has 16 heavy (non-hydrogen) atoms. The number of benzene rings is 1. The van der Waals surface area contributed by atoms with Gasteiger partial charge >= 0.3 is 0 Å². The normalized spacial score (nSPS) is 11.4. The van der Waals surface area contributed by atoms with Crippen LogP contribution in [-0.2, 0) is 19.6 Å². The number of hydrogen-bond acceptors (Lipinski definition) is 5. The largest absolute Gasteiger partial charge is 0.287 e. The van der Waals surface area contributed by atoms with E-state index in [9.17, 15) is 18.5 Å². The van der Waals surface area contributed by atoms with Gasteiger partial charge in [-0.3, -0.25) is 10.1 Å². The average molecular weight is 286 g/mol. The summed E-state index contributed by atoms with van der Waals surface area (Å²) in [7, 11) is -4.04. The fourth-order valence-corrected chi connectivity index (χ4v) is 2.05. The van der Waals surface area contributed by atoms with E-state index in [0.717, 1.165) is 6.07 Å². The van der Waals surface area contributed by atoms with Gasteiger partial charge in [-0.2, -0.15) is 12.2 Å². The molecule has 0 aromatic heterocycles. The highest BCUT2D eigenvalue weighted by Gasteiger charge is 2.21. The number of nitrogens with zero attached hydrogens (tertiary/aromatic N) is 1. The summed E-state index contributed by atoms with van der Waals surface area (Å²) in [5.41, 5.74) is -0.445. The van der Waals surface area contributed by atoms with E-state index in [4.69, 9.17) is 23.5 Å². The van der Waals surface area contributed by atoms with E-state index in [1.807, 2.05) is 0 Å². The molecule has 0 amide bonds. The first-order valence-electron chi connectivity index (χ1n) is 3.81. The molecule has 0 atom stereocenters. The van der Waals surface area contributed by atoms with Gasteiger partial charge < -0.3 is 0 Å². The van der Waals surface area contributed by atoms with E-state index < -0.39 is 20.8 Å². The molecule has 0 spiro atoms. The second kappa shape index (κ2) is 4.96. The Hall–Kier alpha value is -0.890. The minimum Gasteiger partial charge on any atom is -0.258 e. The lowest BCUT2D eigenvalue weighted by Crippen LogP contribution is -2.05. The highest BCUT2D eigenvalue weighted by molar-refractivity contribution is 7.86. The molecule has 9 heteroatoms. The van der Waals surface area contributed by atoms with Crippen LogP contribution in [0.3, 0.4) is 0 Å². The van der Waals surface area contributed by atoms with Gasteiger partial charge in [-0.1, -0.05) is 11.6 Å². The van der Waals surface area contributed by atoms with Crippen molar-refractivity contribution in [2.45, 2.75) is 5.75 Å². The Morgan fingerprint density at radius 2 is 2.06 bits per heavy atom. The van der Waals surface area contributed by atoms with Crippen LogP contribution in [0, 0.1) is 10.1 Å². The maximum absolute atomic E-state index is 11.0. The quantitative estimate of drug-likeness (QED) is 0.625. The van der Waals surface area contributed by atoms with Gasteiger partial charge in [0.2, 0.25) is 0 Å². The number of halogens is 2. The van der Waals surface area contributed by atoms with Gasteiger partial charge in [-0.25, -0.2) is 0 Å². The average Bonchev–Trinajstić information content (AvgIpc) is 2.16. The van der Waals surface area contributed by atoms with Crippen LogP contribution in [0.15, 0.2) is 18.2 Å². The molecule has 0 aliphatic heterocycles. The zero-order valence-electron chi connectivity index (χ0n) is 7.59. The molecule has 0 saturated heterocycles. The van der Waals surface area contributed by atoms with E-state index in [0.29, 0.717) is 0 Å². The minimum atomic E-state index is -4.04. The monoisotopic (exact) mass is 285 g/mol. The lowest BCUT2D eigenvalue weighted by molar-refractivity contribution is -0.385. The van der Waals surface area contributed by atoms with Crippen molar-refractivity contribution in [2.75, 3.05) is 0 Å². The van der Waals surface area contributed by atoms with Gasteiger partial charge in [0.1, 0.15) is 5.75 Å². The Balaban J connectivity index is 3.21. The van der Waals surface area contributed by atoms with Crippen LogP contribution in [0.4, 0.5) is 5.69 Å². The molecular formula is C7H5Cl2NO5S. The van der Waals surface area contributed by atoms with Crippen molar-refractivity contribution in [3.63, 3.8) is 0 Å². The summed E-state index contributed by atoms with van der Waals surface area (Å²) in [5.74, 6) is -0.715. The molecule has 0 fully saturated rings. The van der Waals surface area contributed by atoms with E-state index in [2.05, 4.69) is 3.74 Å². The van der Waals surface area contributed by atoms with Crippen molar-refractivity contribution >= 4 is 39.3 Å². The van der Waals surface area contributed by atoms with Crippen LogP contribution in [0.2, 0.25) is 5.02 Å². The van der Waals surface area contributed by atoms with Gasteiger partial charge in [0.05, 0.1) is 16.8 Å². The number of nitro groups is 1. The fourth-order valence-electron chi connectivity index (χ4n) is 1.06. The van der Waals surface area contributed by atoms with Gasteiger partial charge in [0, 0.05) is 16.7 Å². The molecule has 0 radical (unpaired) electrons. The lowest BCUT2D eigenvalue weighted by atomic mass is 10.2. The SMILES string of the molecule is O=[N+]([O-])c1ccc(Cl)cc1CS(=O)(=O)OCl. The maximum atomic E-state index is 11.0. The molecule has 88 valence electrons. The highest BCUT2D eigenvalue weighted by atomic mass is 35.5. The summed E-state index contributed by atoms with van der Waals surface area (Å²) in [6.45, 7) is 0. The molecule has 0 N–H and O–H groups in total. The smallest absolute Gasteiger partial charge is 0.258 e. The highest BCUT2D eigenvalue weighted by Crippen LogP contribution is 2.25. The molecular weight excluding hydrogens is 281 g/mol. The van der Waals surface area contributed by atoms with Crippen molar-refractivity contribution in [2.24, 2.45) is 0 Å².